The van der Waals surface area contributed by atoms with E-state index < -0.39 is 52.7 Å². The van der Waals surface area contributed by atoms with Crippen molar-refractivity contribution >= 4 is 17.8 Å². The number of methoxy groups -OCH3 is 1. The third-order valence-corrected chi connectivity index (χ3v) is 10.1. The summed E-state index contributed by atoms with van der Waals surface area (Å²) in [6.45, 7) is 15.6. The third kappa shape index (κ3) is 10.8. The van der Waals surface area contributed by atoms with Gasteiger partial charge in [0, 0.05) is 51.9 Å². The number of carbonyl (C=O) groups is 3. The number of nitrogens with two attached hydrogens (primary N) is 1. The maximum absolute atomic E-state index is 14.2. The molecule has 2 aliphatic carbocycles. The average Bonchev–Trinajstić information content (AvgIpc) is 3.24. The summed E-state index contributed by atoms with van der Waals surface area (Å²) in [5.41, 5.74) is 2.74. The molecule has 1 saturated heterocycles. The Morgan fingerprint density at radius 3 is 2.02 bits per heavy atom. The number of carbonyl (C=O) groups excluding carboxylic acids is 2. The zero-order chi connectivity index (χ0) is 39.6. The monoisotopic (exact) mass is 709 g/mol. The van der Waals surface area contributed by atoms with Crippen molar-refractivity contribution in [3.8, 4) is 12.8 Å². The Morgan fingerprint density at radius 1 is 1.04 bits per heavy atom. The van der Waals surface area contributed by atoms with E-state index in [9.17, 15) is 19.8 Å². The highest BCUT2D eigenvalue weighted by atomic mass is 16.5. The van der Waals surface area contributed by atoms with Gasteiger partial charge in [-0.05, 0) is 49.8 Å². The van der Waals surface area contributed by atoms with Crippen LogP contribution in [0.15, 0.2) is 41.5 Å². The van der Waals surface area contributed by atoms with Crippen molar-refractivity contribution in [1.82, 2.24) is 0 Å². The minimum atomic E-state index is -1.46. The summed E-state index contributed by atoms with van der Waals surface area (Å²) in [5, 5.41) is 45.5. The van der Waals surface area contributed by atoms with Crippen molar-refractivity contribution in [3.05, 3.63) is 47.0 Å². The number of rotatable bonds is 5. The number of hydrogen-bond acceptors (Lipinski definition) is 10. The Hall–Kier alpha value is -3.31. The van der Waals surface area contributed by atoms with Gasteiger partial charge in [-0.1, -0.05) is 65.0 Å². The van der Waals surface area contributed by atoms with E-state index in [1.807, 2.05) is 78.8 Å². The van der Waals surface area contributed by atoms with Crippen LogP contribution in [0.5, 0.6) is 0 Å². The van der Waals surface area contributed by atoms with Crippen LogP contribution in [-0.2, 0) is 30.2 Å². The van der Waals surface area contributed by atoms with Crippen LogP contribution in [0.4, 0.5) is 4.79 Å². The summed E-state index contributed by atoms with van der Waals surface area (Å²) in [6, 6.07) is 9.73. The Bertz CT molecular complexity index is 1230. The topological polar surface area (TPSA) is 206 Å². The van der Waals surface area contributed by atoms with Crippen molar-refractivity contribution in [2.75, 3.05) is 27.9 Å². The molecular formula is C38H63NO11. The highest BCUT2D eigenvalue weighted by molar-refractivity contribution is 5.93. The first-order chi connectivity index (χ1) is 23.5. The number of hydrogen-bond donors (Lipinski definition) is 6. The Kier molecular flexibility index (Phi) is 22.0. The molecule has 12 nitrogen and oxygen atoms in total. The molecule has 286 valence electrons. The van der Waals surface area contributed by atoms with Crippen LogP contribution in [0, 0.1) is 35.5 Å². The molecule has 2 bridgehead atoms. The van der Waals surface area contributed by atoms with E-state index in [1.54, 1.807) is 14.0 Å². The van der Waals surface area contributed by atoms with Crippen molar-refractivity contribution in [1.29, 1.82) is 0 Å². The van der Waals surface area contributed by atoms with Gasteiger partial charge in [0.2, 0.25) is 0 Å². The van der Waals surface area contributed by atoms with Crippen LogP contribution in [0.25, 0.3) is 0 Å². The van der Waals surface area contributed by atoms with Crippen LogP contribution in [0.1, 0.15) is 80.2 Å². The van der Waals surface area contributed by atoms with E-state index in [0.717, 1.165) is 19.8 Å². The second-order valence-electron chi connectivity index (χ2n) is 12.7. The normalized spacial score (nSPS) is 30.5. The molecule has 0 spiro atoms. The zero-order valence-electron chi connectivity index (χ0n) is 31.8. The highest BCUT2D eigenvalue weighted by Crippen LogP contribution is 2.60. The van der Waals surface area contributed by atoms with E-state index in [-0.39, 0.29) is 37.3 Å². The number of aliphatic hydroxyl groups excluding tert-OH is 3. The summed E-state index contributed by atoms with van der Waals surface area (Å²) in [4.78, 5) is 36.0. The second-order valence-corrected chi connectivity index (χ2v) is 12.7. The standard InChI is InChI=1S/C31H44O7.C2H6.C2H2.CH3NO2.2CH4O/c1-18-15-24(36-7)30(6)22(17-37-18)20(3)31(35)16-23(19(2)26(29(31,4)5)27(33)28(30)34)38-25(32)14-13-21-11-9-8-10-12-21;2*1-2;2-1(3)4;2*1-2/h8-12,18,20,22-24,27,33,35H,13-17H2,1-7H3;1-2H3;1-2H;2H2,(H,3,4);2*2H,1H3/t18-,20-,22?,23-,24-,27+,30-,31+;;;;;/m0...../s1. The zero-order valence-corrected chi connectivity index (χ0v) is 31.8. The molecule has 0 aromatic heterocycles. The number of amides is 1. The van der Waals surface area contributed by atoms with E-state index in [2.05, 4.69) is 18.6 Å². The van der Waals surface area contributed by atoms with Gasteiger partial charge >= 0.3 is 12.1 Å². The van der Waals surface area contributed by atoms with Gasteiger partial charge in [-0.2, -0.15) is 0 Å². The highest BCUT2D eigenvalue weighted by Gasteiger charge is 2.66. The van der Waals surface area contributed by atoms with Crippen molar-refractivity contribution in [2.24, 2.45) is 28.4 Å². The molecule has 1 saturated carbocycles. The van der Waals surface area contributed by atoms with Crippen LogP contribution in [0.2, 0.25) is 0 Å². The average molecular weight is 710 g/mol. The fraction of sp³-hybridized carbons (Fsp3) is 0.658. The summed E-state index contributed by atoms with van der Waals surface area (Å²) < 4.78 is 18.0. The van der Waals surface area contributed by atoms with Gasteiger partial charge < -0.3 is 45.5 Å². The molecule has 1 heterocycles. The number of fused-ring (bicyclic) bond motifs is 3. The predicted octanol–water partition coefficient (Wildman–Crippen LogP) is 4.15. The number of Topliss-reactive ketones (excluding diaryl/α,β-unsaturated/α-hetero) is 1. The Morgan fingerprint density at radius 2 is 1.54 bits per heavy atom. The minimum absolute atomic E-state index is 0.136. The number of ether oxygens (including phenoxy) is 3. The van der Waals surface area contributed by atoms with Gasteiger partial charge in [0.1, 0.15) is 12.2 Å². The van der Waals surface area contributed by atoms with Gasteiger partial charge in [-0.25, -0.2) is 4.79 Å². The number of terminal acetylenes is 1. The number of aliphatic hydroxyl groups is 4. The molecule has 50 heavy (non-hydrogen) atoms. The molecule has 3 aliphatic rings. The van der Waals surface area contributed by atoms with Gasteiger partial charge in [-0.15, -0.1) is 12.8 Å². The molecule has 0 radical (unpaired) electrons. The lowest BCUT2D eigenvalue weighted by atomic mass is 9.48. The summed E-state index contributed by atoms with van der Waals surface area (Å²) >= 11 is 0. The van der Waals surface area contributed by atoms with Gasteiger partial charge in [0.25, 0.3) is 0 Å². The third-order valence-electron chi connectivity index (χ3n) is 10.1. The quantitative estimate of drug-likeness (QED) is 0.146. The number of benzene rings is 1. The van der Waals surface area contributed by atoms with Crippen molar-refractivity contribution in [3.63, 3.8) is 0 Å². The van der Waals surface area contributed by atoms with E-state index >= 15 is 0 Å². The smallest absolute Gasteiger partial charge is 0.402 e. The first kappa shape index (κ1) is 48.8. The van der Waals surface area contributed by atoms with E-state index in [1.165, 1.54) is 0 Å². The second kappa shape index (κ2) is 22.5. The van der Waals surface area contributed by atoms with E-state index in [0.29, 0.717) is 24.0 Å². The fourth-order valence-corrected chi connectivity index (χ4v) is 7.54. The summed E-state index contributed by atoms with van der Waals surface area (Å²) in [6.07, 6.45) is 5.27. The SMILES string of the molecule is C#C.CC.CO.CO.CO[C@H]1C[C@H](C)OCC2[C@H](C)[C@]3(O)C[C@H](OC(=O)CCc4ccccc4)C(C)=C([C@@H](O)C(=O)[C@@]21C)C3(C)C.NC(=O)O. The molecule has 12 heteroatoms. The molecule has 7 N–H and O–H groups in total. The van der Waals surface area contributed by atoms with Crippen molar-refractivity contribution < 1.29 is 54.1 Å². The minimum Gasteiger partial charge on any atom is -0.465 e. The number of carboxylic acid groups (broad SMARTS) is 1. The molecule has 1 unspecified atom stereocenters. The number of primary amides is 1. The maximum Gasteiger partial charge on any atom is 0.402 e. The van der Waals surface area contributed by atoms with Crippen LogP contribution in [0.3, 0.4) is 0 Å². The predicted molar refractivity (Wildman–Crippen MR) is 193 cm³/mol. The van der Waals surface area contributed by atoms with E-state index in [4.69, 9.17) is 34.3 Å². The lowest BCUT2D eigenvalue weighted by molar-refractivity contribution is -0.194. The van der Waals surface area contributed by atoms with Crippen LogP contribution >= 0.6 is 0 Å². The molecule has 1 aromatic rings. The lowest BCUT2D eigenvalue weighted by Gasteiger charge is -2.59. The number of ketones is 1. The summed E-state index contributed by atoms with van der Waals surface area (Å²) in [5.74, 6) is -1.55. The molecule has 1 amide bonds. The van der Waals surface area contributed by atoms with Gasteiger partial charge in [0.05, 0.1) is 29.8 Å². The number of aryl methyl sites for hydroxylation is 1. The molecule has 4 rings (SSSR count). The van der Waals surface area contributed by atoms with Gasteiger partial charge in [0.15, 0.2) is 5.78 Å². The first-order valence-corrected chi connectivity index (χ1v) is 16.8. The van der Waals surface area contributed by atoms with Gasteiger partial charge in [-0.3, -0.25) is 9.59 Å². The Labute approximate surface area is 299 Å². The maximum atomic E-state index is 14.2. The molecule has 1 aromatic carbocycles. The van der Waals surface area contributed by atoms with Crippen LogP contribution in [-0.4, -0.2) is 101 Å². The molecular weight excluding hydrogens is 646 g/mol. The molecule has 2 fully saturated rings. The van der Waals surface area contributed by atoms with Crippen LogP contribution < -0.4 is 5.73 Å². The largest absolute Gasteiger partial charge is 0.465 e. The molecule has 1 aliphatic heterocycles. The Balaban J connectivity index is 0. The lowest BCUT2D eigenvalue weighted by Crippen LogP contribution is -2.67. The van der Waals surface area contributed by atoms with Crippen molar-refractivity contribution in [2.45, 2.75) is 111 Å². The number of esters is 1. The molecule has 8 atom stereocenters. The summed E-state index contributed by atoms with van der Waals surface area (Å²) in [7, 11) is 3.59. The fourth-order valence-electron chi connectivity index (χ4n) is 7.54. The first-order valence-electron chi connectivity index (χ1n) is 16.8.